The van der Waals surface area contributed by atoms with Gasteiger partial charge in [-0.1, -0.05) is 19.1 Å². The average molecular weight is 336 g/mol. The number of aromatic nitrogens is 2. The molecular weight excluding hydrogens is 316 g/mol. The Labute approximate surface area is 146 Å². The first kappa shape index (κ1) is 16.9. The van der Waals surface area contributed by atoms with Crippen molar-refractivity contribution in [2.24, 2.45) is 5.92 Å². The van der Waals surface area contributed by atoms with E-state index in [0.717, 1.165) is 43.5 Å². The number of aryl methyl sites for hydroxylation is 2. The van der Waals surface area contributed by atoms with Gasteiger partial charge in [0.1, 0.15) is 0 Å². The first-order chi connectivity index (χ1) is 12.1. The highest BCUT2D eigenvalue weighted by atomic mass is 16.2. The maximum atomic E-state index is 12.7. The van der Waals surface area contributed by atoms with E-state index in [1.165, 1.54) is 6.20 Å². The summed E-state index contributed by atoms with van der Waals surface area (Å²) in [6.07, 6.45) is 5.15. The Kier molecular flexibility index (Phi) is 4.94. The smallest absolute Gasteiger partial charge is 0.249 e. The van der Waals surface area contributed by atoms with Crippen molar-refractivity contribution in [1.29, 1.82) is 5.26 Å². The molecule has 1 aliphatic heterocycles. The second-order valence-corrected chi connectivity index (χ2v) is 6.15. The van der Waals surface area contributed by atoms with Crippen LogP contribution in [0.25, 0.3) is 0 Å². The third-order valence-electron chi connectivity index (χ3n) is 4.53. The number of nitriles is 1. The summed E-state index contributed by atoms with van der Waals surface area (Å²) in [6.45, 7) is 2.82. The van der Waals surface area contributed by atoms with Crippen LogP contribution in [0.3, 0.4) is 0 Å². The van der Waals surface area contributed by atoms with Crippen molar-refractivity contribution in [2.45, 2.75) is 39.2 Å². The lowest BCUT2D eigenvalue weighted by molar-refractivity contribution is -0.117. The van der Waals surface area contributed by atoms with Gasteiger partial charge in [-0.05, 0) is 43.4 Å². The second kappa shape index (κ2) is 7.31. The van der Waals surface area contributed by atoms with Gasteiger partial charge in [0.25, 0.3) is 0 Å². The minimum absolute atomic E-state index is 0.391. The third kappa shape index (κ3) is 3.45. The van der Waals surface area contributed by atoms with Crippen LogP contribution in [0, 0.1) is 17.2 Å². The van der Waals surface area contributed by atoms with E-state index in [2.05, 4.69) is 10.4 Å². The number of amides is 1. The van der Waals surface area contributed by atoms with Crippen LogP contribution in [0.5, 0.6) is 0 Å². The van der Waals surface area contributed by atoms with Gasteiger partial charge in [-0.2, -0.15) is 10.4 Å². The van der Waals surface area contributed by atoms with Crippen LogP contribution in [-0.2, 0) is 24.2 Å². The minimum Gasteiger partial charge on any atom is -0.325 e. The molecule has 0 radical (unpaired) electrons. The van der Waals surface area contributed by atoms with E-state index in [-0.39, 0.29) is 0 Å². The van der Waals surface area contributed by atoms with Gasteiger partial charge in [-0.25, -0.2) is 0 Å². The summed E-state index contributed by atoms with van der Waals surface area (Å²) in [5, 5.41) is 16.2. The van der Waals surface area contributed by atoms with Crippen LogP contribution in [-0.4, -0.2) is 21.5 Å². The lowest BCUT2D eigenvalue weighted by Gasteiger charge is -2.15. The van der Waals surface area contributed by atoms with Gasteiger partial charge in [-0.3, -0.25) is 14.3 Å². The fraction of sp³-hybridized carbons (Fsp3) is 0.368. The van der Waals surface area contributed by atoms with Crippen molar-refractivity contribution < 1.29 is 9.59 Å². The summed E-state index contributed by atoms with van der Waals surface area (Å²) in [4.78, 5) is 25.1. The molecular formula is C19H20N4O2. The molecule has 0 fully saturated rings. The Hall–Kier alpha value is -2.94. The second-order valence-electron chi connectivity index (χ2n) is 6.15. The molecule has 0 bridgehead atoms. The van der Waals surface area contributed by atoms with E-state index in [0.29, 0.717) is 11.3 Å². The molecule has 0 saturated heterocycles. The summed E-state index contributed by atoms with van der Waals surface area (Å²) in [5.74, 6) is -2.46. The van der Waals surface area contributed by atoms with E-state index in [1.54, 1.807) is 16.8 Å². The van der Waals surface area contributed by atoms with Gasteiger partial charge >= 0.3 is 0 Å². The molecule has 2 aromatic rings. The molecule has 3 rings (SSSR count). The Bertz CT molecular complexity index is 830. The van der Waals surface area contributed by atoms with E-state index >= 15 is 0 Å². The molecule has 6 heteroatoms. The largest absolute Gasteiger partial charge is 0.325 e. The highest BCUT2D eigenvalue weighted by Gasteiger charge is 2.31. The Balaban J connectivity index is 1.76. The van der Waals surface area contributed by atoms with Crippen molar-refractivity contribution in [3.63, 3.8) is 0 Å². The van der Waals surface area contributed by atoms with Crippen LogP contribution < -0.4 is 5.32 Å². The van der Waals surface area contributed by atoms with E-state index in [9.17, 15) is 14.9 Å². The third-order valence-corrected chi connectivity index (χ3v) is 4.53. The van der Waals surface area contributed by atoms with Crippen molar-refractivity contribution in [3.8, 4) is 6.07 Å². The Morgan fingerprint density at radius 1 is 1.32 bits per heavy atom. The zero-order valence-electron chi connectivity index (χ0n) is 14.2. The summed E-state index contributed by atoms with van der Waals surface area (Å²) < 4.78 is 1.80. The molecule has 1 amide bonds. The van der Waals surface area contributed by atoms with Crippen LogP contribution >= 0.6 is 0 Å². The van der Waals surface area contributed by atoms with Gasteiger partial charge in [0.15, 0.2) is 11.7 Å². The number of hydrogen-bond donors (Lipinski definition) is 1. The number of Topliss-reactive ketones (excluding diaryl/α,β-unsaturated/α-hetero) is 1. The first-order valence-corrected chi connectivity index (χ1v) is 8.52. The highest BCUT2D eigenvalue weighted by Crippen LogP contribution is 2.21. The van der Waals surface area contributed by atoms with Crippen molar-refractivity contribution >= 4 is 17.4 Å². The number of carbonyl (C=O) groups excluding carboxylic acids is 2. The van der Waals surface area contributed by atoms with Crippen molar-refractivity contribution in [3.05, 3.63) is 47.3 Å². The molecule has 1 aromatic heterocycles. The standard InChI is InChI=1S/C19H20N4O2/c1-2-13-6-8-14(9-7-13)22-19(25)15(11-20)18(24)16-12-21-23-10-4-3-5-17(16)23/h6-9,12,15H,2-5,10H2,1H3,(H,22,25)/t15-/m1/s1. The van der Waals surface area contributed by atoms with Crippen LogP contribution in [0.2, 0.25) is 0 Å². The Morgan fingerprint density at radius 2 is 2.08 bits per heavy atom. The number of nitrogens with zero attached hydrogens (tertiary/aromatic N) is 3. The van der Waals surface area contributed by atoms with Crippen LogP contribution in [0.15, 0.2) is 30.5 Å². The number of fused-ring (bicyclic) bond motifs is 1. The molecule has 1 aliphatic rings. The van der Waals surface area contributed by atoms with E-state index < -0.39 is 17.6 Å². The molecule has 0 unspecified atom stereocenters. The van der Waals surface area contributed by atoms with E-state index in [4.69, 9.17) is 0 Å². The summed E-state index contributed by atoms with van der Waals surface area (Å²) in [5.41, 5.74) is 2.95. The summed E-state index contributed by atoms with van der Waals surface area (Å²) in [6, 6.07) is 9.21. The lowest BCUT2D eigenvalue weighted by atomic mass is 9.95. The zero-order chi connectivity index (χ0) is 17.8. The first-order valence-electron chi connectivity index (χ1n) is 8.52. The van der Waals surface area contributed by atoms with E-state index in [1.807, 2.05) is 25.1 Å². The maximum absolute atomic E-state index is 12.7. The van der Waals surface area contributed by atoms with Crippen LogP contribution in [0.1, 0.15) is 41.4 Å². The quantitative estimate of drug-likeness (QED) is 0.672. The average Bonchev–Trinajstić information content (AvgIpc) is 3.07. The molecule has 0 spiro atoms. The number of anilines is 1. The van der Waals surface area contributed by atoms with Crippen molar-refractivity contribution in [1.82, 2.24) is 9.78 Å². The zero-order valence-corrected chi connectivity index (χ0v) is 14.2. The van der Waals surface area contributed by atoms with Gasteiger partial charge in [0, 0.05) is 17.9 Å². The number of ketones is 1. The number of nitrogens with one attached hydrogen (secondary N) is 1. The SMILES string of the molecule is CCc1ccc(NC(=O)[C@H](C#N)C(=O)c2cnn3c2CCCC3)cc1. The lowest BCUT2D eigenvalue weighted by Crippen LogP contribution is -2.29. The molecule has 0 saturated carbocycles. The normalized spacial score (nSPS) is 14.2. The van der Waals surface area contributed by atoms with Gasteiger partial charge in [-0.15, -0.1) is 0 Å². The fourth-order valence-corrected chi connectivity index (χ4v) is 3.06. The van der Waals surface area contributed by atoms with Crippen molar-refractivity contribution in [2.75, 3.05) is 5.32 Å². The maximum Gasteiger partial charge on any atom is 0.249 e. The van der Waals surface area contributed by atoms with Crippen LogP contribution in [0.4, 0.5) is 5.69 Å². The summed E-state index contributed by atoms with van der Waals surface area (Å²) in [7, 11) is 0. The number of benzene rings is 1. The molecule has 1 atom stereocenters. The number of hydrogen-bond acceptors (Lipinski definition) is 4. The molecule has 1 N–H and O–H groups in total. The molecule has 2 heterocycles. The summed E-state index contributed by atoms with van der Waals surface area (Å²) >= 11 is 0. The topological polar surface area (TPSA) is 87.8 Å². The highest BCUT2D eigenvalue weighted by molar-refractivity contribution is 6.15. The van der Waals surface area contributed by atoms with Gasteiger partial charge < -0.3 is 5.32 Å². The monoisotopic (exact) mass is 336 g/mol. The number of carbonyl (C=O) groups is 2. The molecule has 1 aromatic carbocycles. The molecule has 0 aliphatic carbocycles. The Morgan fingerprint density at radius 3 is 2.76 bits per heavy atom. The number of rotatable bonds is 5. The van der Waals surface area contributed by atoms with Gasteiger partial charge in [0.05, 0.1) is 17.8 Å². The predicted molar refractivity (Wildman–Crippen MR) is 93.0 cm³/mol. The fourth-order valence-electron chi connectivity index (χ4n) is 3.06. The molecule has 25 heavy (non-hydrogen) atoms. The molecule has 128 valence electrons. The predicted octanol–water partition coefficient (Wildman–Crippen LogP) is 2.74. The van der Waals surface area contributed by atoms with Gasteiger partial charge in [0.2, 0.25) is 5.91 Å². The molecule has 6 nitrogen and oxygen atoms in total. The minimum atomic E-state index is -1.37.